The molecule has 1 spiro atoms. The average molecular weight is 296 g/mol. The standard InChI is InChI=1S/C16H25FN2O2/c17-10-11-19-14(20)13(12-6-2-1-3-7-12)18-15(21)16(19)8-4-5-9-16/h12-13H,1-11H2,(H,18,21). The van der Waals surface area contributed by atoms with Crippen LogP contribution in [0, 0.1) is 5.92 Å². The van der Waals surface area contributed by atoms with Crippen LogP contribution in [0.15, 0.2) is 0 Å². The van der Waals surface area contributed by atoms with E-state index in [0.717, 1.165) is 38.5 Å². The third kappa shape index (κ3) is 2.44. The van der Waals surface area contributed by atoms with Crippen LogP contribution >= 0.6 is 0 Å². The minimum absolute atomic E-state index is 0.0383. The molecular formula is C16H25FN2O2. The van der Waals surface area contributed by atoms with Gasteiger partial charge in [0.05, 0.1) is 6.54 Å². The zero-order chi connectivity index (χ0) is 14.9. The Morgan fingerprint density at radius 1 is 1.10 bits per heavy atom. The Morgan fingerprint density at radius 3 is 2.38 bits per heavy atom. The van der Waals surface area contributed by atoms with E-state index in [2.05, 4.69) is 5.32 Å². The Labute approximate surface area is 125 Å². The zero-order valence-corrected chi connectivity index (χ0v) is 12.6. The number of piperazine rings is 1. The number of halogens is 1. The van der Waals surface area contributed by atoms with Gasteiger partial charge >= 0.3 is 0 Å². The van der Waals surface area contributed by atoms with E-state index in [9.17, 15) is 14.0 Å². The molecule has 1 aliphatic heterocycles. The first-order valence-corrected chi connectivity index (χ1v) is 8.37. The van der Waals surface area contributed by atoms with Gasteiger partial charge in [-0.25, -0.2) is 4.39 Å². The van der Waals surface area contributed by atoms with Crippen molar-refractivity contribution in [1.29, 1.82) is 0 Å². The van der Waals surface area contributed by atoms with Gasteiger partial charge in [0.2, 0.25) is 11.8 Å². The van der Waals surface area contributed by atoms with Crippen molar-refractivity contribution in [3.05, 3.63) is 0 Å². The predicted molar refractivity (Wildman–Crippen MR) is 77.4 cm³/mol. The Hall–Kier alpha value is -1.13. The summed E-state index contributed by atoms with van der Waals surface area (Å²) in [5, 5.41) is 3.00. The van der Waals surface area contributed by atoms with Crippen LogP contribution in [0.25, 0.3) is 0 Å². The number of nitrogens with one attached hydrogen (secondary N) is 1. The molecule has 3 rings (SSSR count). The average Bonchev–Trinajstić information content (AvgIpc) is 2.99. The monoisotopic (exact) mass is 296 g/mol. The highest BCUT2D eigenvalue weighted by Crippen LogP contribution is 2.40. The van der Waals surface area contributed by atoms with Crippen molar-refractivity contribution in [2.75, 3.05) is 13.2 Å². The molecule has 5 heteroatoms. The van der Waals surface area contributed by atoms with E-state index in [-0.39, 0.29) is 24.3 Å². The van der Waals surface area contributed by atoms with Crippen molar-refractivity contribution in [2.45, 2.75) is 69.4 Å². The summed E-state index contributed by atoms with van der Waals surface area (Å²) < 4.78 is 13.0. The van der Waals surface area contributed by atoms with Crippen LogP contribution < -0.4 is 5.32 Å². The maximum Gasteiger partial charge on any atom is 0.246 e. The van der Waals surface area contributed by atoms with E-state index >= 15 is 0 Å². The summed E-state index contributed by atoms with van der Waals surface area (Å²) in [6.45, 7) is -0.506. The Morgan fingerprint density at radius 2 is 1.76 bits per heavy atom. The molecule has 1 heterocycles. The first-order chi connectivity index (χ1) is 10.2. The molecule has 21 heavy (non-hydrogen) atoms. The number of nitrogens with zero attached hydrogens (tertiary/aromatic N) is 1. The van der Waals surface area contributed by atoms with Crippen LogP contribution in [0.2, 0.25) is 0 Å². The molecule has 3 fully saturated rings. The minimum atomic E-state index is -0.756. The van der Waals surface area contributed by atoms with Gasteiger partial charge in [-0.15, -0.1) is 0 Å². The zero-order valence-electron chi connectivity index (χ0n) is 12.6. The molecule has 3 aliphatic rings. The summed E-state index contributed by atoms with van der Waals surface area (Å²) in [6, 6.07) is -0.421. The van der Waals surface area contributed by atoms with Crippen LogP contribution in [-0.4, -0.2) is 41.5 Å². The van der Waals surface area contributed by atoms with Gasteiger partial charge in [-0.1, -0.05) is 32.1 Å². The molecule has 0 bridgehead atoms. The second kappa shape index (κ2) is 5.93. The van der Waals surface area contributed by atoms with Crippen LogP contribution in [0.1, 0.15) is 57.8 Å². The molecule has 2 amide bonds. The molecule has 1 N–H and O–H groups in total. The van der Waals surface area contributed by atoms with Crippen LogP contribution in [-0.2, 0) is 9.59 Å². The fourth-order valence-corrected chi connectivity index (χ4v) is 4.49. The van der Waals surface area contributed by atoms with Gasteiger partial charge in [0.1, 0.15) is 18.3 Å². The molecule has 0 aromatic heterocycles. The lowest BCUT2D eigenvalue weighted by Gasteiger charge is -2.48. The first kappa shape index (κ1) is 14.8. The molecule has 1 atom stereocenters. The normalized spacial score (nSPS) is 30.0. The largest absolute Gasteiger partial charge is 0.342 e. The number of rotatable bonds is 3. The molecule has 2 aliphatic carbocycles. The Balaban J connectivity index is 1.84. The first-order valence-electron chi connectivity index (χ1n) is 8.37. The second-order valence-corrected chi connectivity index (χ2v) is 6.77. The molecule has 4 nitrogen and oxygen atoms in total. The summed E-state index contributed by atoms with van der Waals surface area (Å²) in [4.78, 5) is 27.1. The topological polar surface area (TPSA) is 49.4 Å². The van der Waals surface area contributed by atoms with Gasteiger partial charge in [0.25, 0.3) is 0 Å². The summed E-state index contributed by atoms with van der Waals surface area (Å²) in [6.07, 6.45) is 8.69. The fourth-order valence-electron chi connectivity index (χ4n) is 4.49. The summed E-state index contributed by atoms with van der Waals surface area (Å²) >= 11 is 0. The van der Waals surface area contributed by atoms with E-state index in [1.807, 2.05) is 0 Å². The molecule has 0 radical (unpaired) electrons. The molecule has 2 saturated carbocycles. The lowest BCUT2D eigenvalue weighted by molar-refractivity contribution is -0.159. The van der Waals surface area contributed by atoms with Crippen molar-refractivity contribution in [3.8, 4) is 0 Å². The van der Waals surface area contributed by atoms with Crippen LogP contribution in [0.5, 0.6) is 0 Å². The smallest absolute Gasteiger partial charge is 0.246 e. The fraction of sp³-hybridized carbons (Fsp3) is 0.875. The molecule has 118 valence electrons. The maximum absolute atomic E-state index is 13.0. The van der Waals surface area contributed by atoms with Gasteiger partial charge < -0.3 is 10.2 Å². The second-order valence-electron chi connectivity index (χ2n) is 6.77. The Bertz CT molecular complexity index is 415. The van der Waals surface area contributed by atoms with Crippen molar-refractivity contribution in [2.24, 2.45) is 5.92 Å². The van der Waals surface area contributed by atoms with E-state index in [4.69, 9.17) is 0 Å². The SMILES string of the molecule is O=C1C(C2CCCCC2)NC(=O)C2(CCCC2)N1CCF. The summed E-state index contributed by atoms with van der Waals surface area (Å²) in [5.74, 6) is 0.153. The molecule has 0 aromatic carbocycles. The highest BCUT2D eigenvalue weighted by Gasteiger charge is 2.54. The van der Waals surface area contributed by atoms with Crippen molar-refractivity contribution < 1.29 is 14.0 Å². The van der Waals surface area contributed by atoms with E-state index in [0.29, 0.717) is 12.8 Å². The number of carbonyl (C=O) groups is 2. The summed E-state index contributed by atoms with van der Waals surface area (Å²) in [5.41, 5.74) is -0.756. The molecule has 1 unspecified atom stereocenters. The van der Waals surface area contributed by atoms with E-state index < -0.39 is 18.3 Å². The van der Waals surface area contributed by atoms with Crippen molar-refractivity contribution >= 4 is 11.8 Å². The van der Waals surface area contributed by atoms with Crippen molar-refractivity contribution in [3.63, 3.8) is 0 Å². The lowest BCUT2D eigenvalue weighted by atomic mass is 9.80. The highest BCUT2D eigenvalue weighted by atomic mass is 19.1. The Kier molecular flexibility index (Phi) is 4.18. The maximum atomic E-state index is 13.0. The minimum Gasteiger partial charge on any atom is -0.342 e. The molecular weight excluding hydrogens is 271 g/mol. The number of hydrogen-bond acceptors (Lipinski definition) is 2. The quantitative estimate of drug-likeness (QED) is 0.868. The van der Waals surface area contributed by atoms with Crippen molar-refractivity contribution in [1.82, 2.24) is 10.2 Å². The van der Waals surface area contributed by atoms with Gasteiger partial charge in [0, 0.05) is 0 Å². The van der Waals surface area contributed by atoms with E-state index in [1.165, 1.54) is 6.42 Å². The van der Waals surface area contributed by atoms with Gasteiger partial charge in [-0.2, -0.15) is 0 Å². The number of carbonyl (C=O) groups excluding carboxylic acids is 2. The van der Waals surface area contributed by atoms with Gasteiger partial charge in [-0.05, 0) is 31.6 Å². The third-order valence-corrected chi connectivity index (χ3v) is 5.62. The predicted octanol–water partition coefficient (Wildman–Crippen LogP) is 2.18. The highest BCUT2D eigenvalue weighted by molar-refractivity contribution is 6.00. The van der Waals surface area contributed by atoms with Gasteiger partial charge in [-0.3, -0.25) is 9.59 Å². The number of alkyl halides is 1. The number of amides is 2. The summed E-state index contributed by atoms with van der Waals surface area (Å²) in [7, 11) is 0. The van der Waals surface area contributed by atoms with Crippen LogP contribution in [0.3, 0.4) is 0 Å². The third-order valence-electron chi connectivity index (χ3n) is 5.62. The molecule has 0 aromatic rings. The molecule has 1 saturated heterocycles. The number of hydrogen-bond donors (Lipinski definition) is 1. The van der Waals surface area contributed by atoms with Crippen LogP contribution in [0.4, 0.5) is 4.39 Å². The van der Waals surface area contributed by atoms with Gasteiger partial charge in [0.15, 0.2) is 0 Å². The van der Waals surface area contributed by atoms with E-state index in [1.54, 1.807) is 4.90 Å². The lowest BCUT2D eigenvalue weighted by Crippen LogP contribution is -2.71.